The minimum atomic E-state index is 0.802. The summed E-state index contributed by atoms with van der Waals surface area (Å²) in [5.74, 6) is 0. The second kappa shape index (κ2) is 3.19. The van der Waals surface area contributed by atoms with E-state index < -0.39 is 0 Å². The monoisotopic (exact) mass is 266 g/mol. The van der Waals surface area contributed by atoms with E-state index in [9.17, 15) is 0 Å². The Morgan fingerprint density at radius 2 is 2.05 bits per heavy atom. The molecule has 0 bridgehead atoms. The SMILES string of the molecule is c1cnc2c(c1)-c1sc3oc4cccnc4c3[n+]1C2. The van der Waals surface area contributed by atoms with Crippen molar-refractivity contribution in [1.29, 1.82) is 0 Å². The lowest BCUT2D eigenvalue weighted by Crippen LogP contribution is -2.30. The summed E-state index contributed by atoms with van der Waals surface area (Å²) in [6.07, 6.45) is 3.65. The fraction of sp³-hybridized carbons (Fsp3) is 0.0714. The predicted molar refractivity (Wildman–Crippen MR) is 71.9 cm³/mol. The molecule has 0 atom stereocenters. The fourth-order valence-corrected chi connectivity index (χ4v) is 3.88. The Bertz CT molecular complexity index is 954. The van der Waals surface area contributed by atoms with E-state index in [1.165, 1.54) is 10.6 Å². The van der Waals surface area contributed by atoms with Crippen LogP contribution < -0.4 is 4.57 Å². The molecule has 4 nitrogen and oxygen atoms in total. The van der Waals surface area contributed by atoms with Gasteiger partial charge in [-0.15, -0.1) is 0 Å². The van der Waals surface area contributed by atoms with Crippen LogP contribution in [0.1, 0.15) is 5.69 Å². The molecule has 5 rings (SSSR count). The van der Waals surface area contributed by atoms with Crippen molar-refractivity contribution in [3.05, 3.63) is 42.4 Å². The van der Waals surface area contributed by atoms with Gasteiger partial charge in [-0.2, -0.15) is 4.57 Å². The van der Waals surface area contributed by atoms with Crippen LogP contribution in [0.2, 0.25) is 0 Å². The van der Waals surface area contributed by atoms with E-state index in [-0.39, 0.29) is 0 Å². The Morgan fingerprint density at radius 3 is 3.05 bits per heavy atom. The lowest BCUT2D eigenvalue weighted by Gasteiger charge is -1.88. The van der Waals surface area contributed by atoms with Gasteiger partial charge in [-0.1, -0.05) is 0 Å². The maximum atomic E-state index is 5.88. The number of pyridine rings is 2. The van der Waals surface area contributed by atoms with Crippen molar-refractivity contribution in [2.45, 2.75) is 6.54 Å². The summed E-state index contributed by atoms with van der Waals surface area (Å²) in [6, 6.07) is 7.96. The van der Waals surface area contributed by atoms with Gasteiger partial charge < -0.3 is 4.42 Å². The van der Waals surface area contributed by atoms with Gasteiger partial charge >= 0.3 is 0 Å². The number of rotatable bonds is 0. The highest BCUT2D eigenvalue weighted by molar-refractivity contribution is 7.20. The van der Waals surface area contributed by atoms with E-state index in [1.54, 1.807) is 11.3 Å². The zero-order valence-electron chi connectivity index (χ0n) is 9.83. The first kappa shape index (κ1) is 9.63. The lowest BCUT2D eigenvalue weighted by atomic mass is 10.2. The van der Waals surface area contributed by atoms with Crippen LogP contribution in [-0.2, 0) is 6.54 Å². The molecule has 4 aromatic rings. The van der Waals surface area contributed by atoms with Crippen LogP contribution >= 0.6 is 11.3 Å². The van der Waals surface area contributed by atoms with Crippen molar-refractivity contribution in [3.8, 4) is 10.6 Å². The van der Waals surface area contributed by atoms with Crippen molar-refractivity contribution in [1.82, 2.24) is 9.97 Å². The zero-order valence-corrected chi connectivity index (χ0v) is 10.6. The van der Waals surface area contributed by atoms with Gasteiger partial charge in [0.1, 0.15) is 5.69 Å². The molecule has 0 unspecified atom stereocenters. The van der Waals surface area contributed by atoms with Gasteiger partial charge in [-0.25, -0.2) is 4.98 Å². The van der Waals surface area contributed by atoms with Crippen molar-refractivity contribution in [3.63, 3.8) is 0 Å². The number of furan rings is 1. The predicted octanol–water partition coefficient (Wildman–Crippen LogP) is 2.75. The molecule has 0 radical (unpaired) electrons. The molecule has 0 aliphatic carbocycles. The van der Waals surface area contributed by atoms with Crippen LogP contribution in [0.25, 0.3) is 32.1 Å². The third-order valence-corrected chi connectivity index (χ3v) is 4.62. The highest BCUT2D eigenvalue weighted by Gasteiger charge is 2.35. The molecule has 19 heavy (non-hydrogen) atoms. The van der Waals surface area contributed by atoms with Crippen LogP contribution in [0.15, 0.2) is 41.1 Å². The highest BCUT2D eigenvalue weighted by atomic mass is 32.1. The Hall–Kier alpha value is -2.27. The van der Waals surface area contributed by atoms with Crippen LogP contribution in [0.3, 0.4) is 0 Å². The Morgan fingerprint density at radius 1 is 1.16 bits per heavy atom. The smallest absolute Gasteiger partial charge is 0.290 e. The Kier molecular flexibility index (Phi) is 1.62. The van der Waals surface area contributed by atoms with E-state index in [1.807, 2.05) is 30.6 Å². The second-order valence-corrected chi connectivity index (χ2v) is 5.54. The number of thiazole rings is 1. The molecule has 0 fully saturated rings. The van der Waals surface area contributed by atoms with E-state index in [2.05, 4.69) is 20.6 Å². The highest BCUT2D eigenvalue weighted by Crippen LogP contribution is 2.38. The molecule has 0 saturated heterocycles. The quantitative estimate of drug-likeness (QED) is 0.405. The van der Waals surface area contributed by atoms with Gasteiger partial charge in [0.05, 0.1) is 5.56 Å². The molecule has 90 valence electrons. The lowest BCUT2D eigenvalue weighted by molar-refractivity contribution is -0.641. The van der Waals surface area contributed by atoms with Gasteiger partial charge in [0.15, 0.2) is 17.6 Å². The third-order valence-electron chi connectivity index (χ3n) is 3.52. The second-order valence-electron chi connectivity index (χ2n) is 4.58. The van der Waals surface area contributed by atoms with E-state index in [4.69, 9.17) is 4.42 Å². The van der Waals surface area contributed by atoms with E-state index in [0.29, 0.717) is 0 Å². The van der Waals surface area contributed by atoms with Gasteiger partial charge in [0.25, 0.3) is 15.4 Å². The molecule has 0 N–H and O–H groups in total. The largest absolute Gasteiger partial charge is 0.437 e. The van der Waals surface area contributed by atoms with Crippen LogP contribution in [0.4, 0.5) is 0 Å². The summed E-state index contributed by atoms with van der Waals surface area (Å²) in [7, 11) is 0. The minimum absolute atomic E-state index is 0.802. The van der Waals surface area contributed by atoms with Gasteiger partial charge in [-0.05, 0) is 35.6 Å². The summed E-state index contributed by atoms with van der Waals surface area (Å²) >= 11 is 1.67. The summed E-state index contributed by atoms with van der Waals surface area (Å²) < 4.78 is 8.14. The van der Waals surface area contributed by atoms with Crippen LogP contribution in [0.5, 0.6) is 0 Å². The summed E-state index contributed by atoms with van der Waals surface area (Å²) in [6.45, 7) is 0.802. The number of hydrogen-bond acceptors (Lipinski definition) is 4. The number of nitrogens with zero attached hydrogens (tertiary/aromatic N) is 3. The standard InChI is InChI=1S/C14H8N3OS/c1-3-8-9(15-5-1)7-17-12-11-10(4-2-6-16-11)18-14(12)19-13(8)17/h1-6H,7H2/q+1. The molecule has 5 heteroatoms. The topological polar surface area (TPSA) is 42.8 Å². The normalized spacial score (nSPS) is 13.1. The minimum Gasteiger partial charge on any atom is -0.437 e. The van der Waals surface area contributed by atoms with Gasteiger partial charge in [-0.3, -0.25) is 4.98 Å². The van der Waals surface area contributed by atoms with Gasteiger partial charge in [0, 0.05) is 12.4 Å². The first-order chi connectivity index (χ1) is 9.42. The molecule has 4 aromatic heterocycles. The van der Waals surface area contributed by atoms with Crippen LogP contribution in [0, 0.1) is 0 Å². The Labute approximate surface area is 112 Å². The van der Waals surface area contributed by atoms with Crippen molar-refractivity contribution < 1.29 is 8.98 Å². The number of hydrogen-bond donors (Lipinski definition) is 0. The van der Waals surface area contributed by atoms with Crippen molar-refractivity contribution in [2.24, 2.45) is 0 Å². The van der Waals surface area contributed by atoms with Gasteiger partial charge in [0.2, 0.25) is 0 Å². The molecule has 0 amide bonds. The zero-order chi connectivity index (χ0) is 12.4. The number of fused-ring (bicyclic) bond motifs is 7. The molecule has 1 aliphatic heterocycles. The van der Waals surface area contributed by atoms with Crippen molar-refractivity contribution in [2.75, 3.05) is 0 Å². The maximum absolute atomic E-state index is 5.88. The summed E-state index contributed by atoms with van der Waals surface area (Å²) in [5.41, 5.74) is 5.22. The first-order valence-electron chi connectivity index (χ1n) is 6.06. The van der Waals surface area contributed by atoms with E-state index >= 15 is 0 Å². The maximum Gasteiger partial charge on any atom is 0.290 e. The fourth-order valence-electron chi connectivity index (χ4n) is 2.71. The molecular weight excluding hydrogens is 258 g/mol. The summed E-state index contributed by atoms with van der Waals surface area (Å²) in [4.78, 5) is 9.85. The van der Waals surface area contributed by atoms with Crippen molar-refractivity contribution >= 4 is 32.8 Å². The van der Waals surface area contributed by atoms with Crippen LogP contribution in [-0.4, -0.2) is 9.97 Å². The third kappa shape index (κ3) is 1.11. The Balaban J connectivity index is 1.94. The molecular formula is C14H8N3OS+. The average molecular weight is 266 g/mol. The molecule has 0 aromatic carbocycles. The molecule has 5 heterocycles. The summed E-state index contributed by atoms with van der Waals surface area (Å²) in [5, 5.41) is 1.21. The molecule has 0 saturated carbocycles. The average Bonchev–Trinajstić information content (AvgIpc) is 3.05. The number of aromatic nitrogens is 3. The van der Waals surface area contributed by atoms with E-state index in [0.717, 1.165) is 33.8 Å². The molecule has 1 aliphatic rings. The first-order valence-corrected chi connectivity index (χ1v) is 6.87. The molecule has 0 spiro atoms.